The van der Waals surface area contributed by atoms with Crippen LogP contribution in [0.4, 0.5) is 0 Å². The van der Waals surface area contributed by atoms with Gasteiger partial charge in [0, 0.05) is 17.0 Å². The van der Waals surface area contributed by atoms with E-state index in [1.54, 1.807) is 7.11 Å². The number of fused-ring (bicyclic) bond motifs is 3. The van der Waals surface area contributed by atoms with E-state index in [-0.39, 0.29) is 0 Å². The van der Waals surface area contributed by atoms with Crippen LogP contribution in [0.3, 0.4) is 0 Å². The fourth-order valence-corrected chi connectivity index (χ4v) is 2.32. The van der Waals surface area contributed by atoms with Gasteiger partial charge in [0.2, 0.25) is 0 Å². The molecule has 1 aliphatic heterocycles. The Morgan fingerprint density at radius 2 is 2.31 bits per heavy atom. The highest BCUT2D eigenvalue weighted by Crippen LogP contribution is 2.30. The lowest BCUT2D eigenvalue weighted by molar-refractivity contribution is 0.414. The maximum Gasteiger partial charge on any atom is 0.138 e. The number of rotatable bonds is 1. The molecule has 1 aromatic heterocycles. The van der Waals surface area contributed by atoms with Crippen molar-refractivity contribution in [3.8, 4) is 5.75 Å². The summed E-state index contributed by atoms with van der Waals surface area (Å²) in [6, 6.07) is 6.06. The van der Waals surface area contributed by atoms with Gasteiger partial charge in [0.05, 0.1) is 13.7 Å². The van der Waals surface area contributed by atoms with Crippen LogP contribution < -0.4 is 10.1 Å². The van der Waals surface area contributed by atoms with Crippen LogP contribution in [0.5, 0.6) is 5.75 Å². The van der Waals surface area contributed by atoms with Gasteiger partial charge in [0.15, 0.2) is 0 Å². The summed E-state index contributed by atoms with van der Waals surface area (Å²) in [6.45, 7) is 1.91. The Morgan fingerprint density at radius 1 is 1.38 bits per heavy atom. The molecule has 0 bridgehead atoms. The number of aryl methyl sites for hydroxylation is 1. The normalized spacial score (nSPS) is 15.8. The second-order valence-electron chi connectivity index (χ2n) is 4.15. The zero-order chi connectivity index (χ0) is 11.0. The molecule has 0 aliphatic carbocycles. The third-order valence-corrected chi connectivity index (χ3v) is 3.15. The molecule has 84 valence electrons. The van der Waals surface area contributed by atoms with Crippen LogP contribution in [-0.4, -0.2) is 13.7 Å². The molecule has 1 N–H and O–H groups in total. The Hall–Kier alpha value is -1.48. The topological polar surface area (TPSA) is 34.4 Å². The molecule has 0 unspecified atom stereocenters. The molecule has 2 heterocycles. The van der Waals surface area contributed by atoms with E-state index in [9.17, 15) is 0 Å². The van der Waals surface area contributed by atoms with Crippen LogP contribution in [0.15, 0.2) is 22.6 Å². The maximum atomic E-state index is 5.87. The first-order valence-corrected chi connectivity index (χ1v) is 5.67. The van der Waals surface area contributed by atoms with Crippen molar-refractivity contribution in [2.75, 3.05) is 13.7 Å². The molecular weight excluding hydrogens is 202 g/mol. The molecule has 1 aliphatic rings. The number of hydrogen-bond donors (Lipinski definition) is 1. The van der Waals surface area contributed by atoms with E-state index < -0.39 is 0 Å². The Morgan fingerprint density at radius 3 is 3.19 bits per heavy atom. The minimum absolute atomic E-state index is 0.840. The van der Waals surface area contributed by atoms with Crippen molar-refractivity contribution in [3.05, 3.63) is 29.5 Å². The van der Waals surface area contributed by atoms with Gasteiger partial charge in [-0.05, 0) is 31.5 Å². The summed E-state index contributed by atoms with van der Waals surface area (Å²) in [7, 11) is 1.68. The molecule has 1 aromatic carbocycles. The molecule has 0 amide bonds. The second-order valence-corrected chi connectivity index (χ2v) is 4.15. The van der Waals surface area contributed by atoms with Gasteiger partial charge in [-0.2, -0.15) is 0 Å². The summed E-state index contributed by atoms with van der Waals surface area (Å²) in [6.07, 6.45) is 2.27. The summed E-state index contributed by atoms with van der Waals surface area (Å²) in [5.74, 6) is 1.94. The Balaban J connectivity index is 2.17. The fraction of sp³-hybridized carbons (Fsp3) is 0.385. The van der Waals surface area contributed by atoms with Crippen LogP contribution in [-0.2, 0) is 13.0 Å². The highest BCUT2D eigenvalue weighted by Gasteiger charge is 2.16. The van der Waals surface area contributed by atoms with Crippen molar-refractivity contribution in [3.63, 3.8) is 0 Å². The molecule has 16 heavy (non-hydrogen) atoms. The van der Waals surface area contributed by atoms with Crippen LogP contribution >= 0.6 is 0 Å². The van der Waals surface area contributed by atoms with Crippen LogP contribution in [0.1, 0.15) is 17.7 Å². The molecule has 0 saturated heterocycles. The van der Waals surface area contributed by atoms with Gasteiger partial charge in [-0.3, -0.25) is 0 Å². The van der Waals surface area contributed by atoms with E-state index in [0.717, 1.165) is 36.6 Å². The standard InChI is InChI=1S/C13H15NO2/c1-15-9-4-5-11-10-3-2-6-14-8-13(10)16-12(11)7-9/h4-5,7,14H,2-3,6,8H2,1H3. The Labute approximate surface area is 94.4 Å². The smallest absolute Gasteiger partial charge is 0.138 e. The SMILES string of the molecule is COc1ccc2c3c(oc2c1)CNCCC3. The van der Waals surface area contributed by atoms with Crippen molar-refractivity contribution in [1.82, 2.24) is 5.32 Å². The van der Waals surface area contributed by atoms with E-state index >= 15 is 0 Å². The number of hydrogen-bond acceptors (Lipinski definition) is 3. The van der Waals surface area contributed by atoms with Gasteiger partial charge in [0.25, 0.3) is 0 Å². The van der Waals surface area contributed by atoms with Gasteiger partial charge in [0.1, 0.15) is 17.1 Å². The van der Waals surface area contributed by atoms with E-state index in [1.807, 2.05) is 12.1 Å². The predicted molar refractivity (Wildman–Crippen MR) is 62.8 cm³/mol. The summed E-state index contributed by atoms with van der Waals surface area (Å²) >= 11 is 0. The summed E-state index contributed by atoms with van der Waals surface area (Å²) in [4.78, 5) is 0. The van der Waals surface area contributed by atoms with Gasteiger partial charge in [-0.1, -0.05) is 0 Å². The molecule has 0 spiro atoms. The summed E-state index contributed by atoms with van der Waals surface area (Å²) in [5.41, 5.74) is 2.30. The molecule has 0 fully saturated rings. The van der Waals surface area contributed by atoms with Crippen molar-refractivity contribution in [2.24, 2.45) is 0 Å². The van der Waals surface area contributed by atoms with Crippen molar-refractivity contribution in [1.29, 1.82) is 0 Å². The highest BCUT2D eigenvalue weighted by molar-refractivity contribution is 5.83. The lowest BCUT2D eigenvalue weighted by Gasteiger charge is -1.99. The van der Waals surface area contributed by atoms with E-state index in [2.05, 4.69) is 11.4 Å². The van der Waals surface area contributed by atoms with Crippen LogP contribution in [0, 0.1) is 0 Å². The monoisotopic (exact) mass is 217 g/mol. The lowest BCUT2D eigenvalue weighted by Crippen LogP contribution is -2.11. The third-order valence-electron chi connectivity index (χ3n) is 3.15. The van der Waals surface area contributed by atoms with E-state index in [1.165, 1.54) is 17.4 Å². The van der Waals surface area contributed by atoms with Gasteiger partial charge >= 0.3 is 0 Å². The zero-order valence-electron chi connectivity index (χ0n) is 9.38. The summed E-state index contributed by atoms with van der Waals surface area (Å²) in [5, 5.41) is 4.60. The Kier molecular flexibility index (Phi) is 2.33. The van der Waals surface area contributed by atoms with E-state index in [0.29, 0.717) is 0 Å². The number of furan rings is 1. The molecular formula is C13H15NO2. The molecule has 0 saturated carbocycles. The zero-order valence-corrected chi connectivity index (χ0v) is 9.38. The van der Waals surface area contributed by atoms with Crippen molar-refractivity contribution < 1.29 is 9.15 Å². The molecule has 0 radical (unpaired) electrons. The van der Waals surface area contributed by atoms with Gasteiger partial charge < -0.3 is 14.5 Å². The molecule has 2 aromatic rings. The first-order valence-electron chi connectivity index (χ1n) is 5.67. The van der Waals surface area contributed by atoms with Crippen LogP contribution in [0.25, 0.3) is 11.0 Å². The molecule has 3 nitrogen and oxygen atoms in total. The second kappa shape index (κ2) is 3.83. The first-order chi connectivity index (χ1) is 7.88. The Bertz CT molecular complexity index is 516. The van der Waals surface area contributed by atoms with Crippen molar-refractivity contribution >= 4 is 11.0 Å². The highest BCUT2D eigenvalue weighted by atomic mass is 16.5. The quantitative estimate of drug-likeness (QED) is 0.796. The van der Waals surface area contributed by atoms with E-state index in [4.69, 9.17) is 9.15 Å². The molecule has 0 atom stereocenters. The number of methoxy groups -OCH3 is 1. The average Bonchev–Trinajstić information content (AvgIpc) is 2.50. The molecule has 3 rings (SSSR count). The van der Waals surface area contributed by atoms with Gasteiger partial charge in [-0.25, -0.2) is 0 Å². The minimum atomic E-state index is 0.840. The van der Waals surface area contributed by atoms with Crippen molar-refractivity contribution in [2.45, 2.75) is 19.4 Å². The first kappa shape index (κ1) is 9.73. The largest absolute Gasteiger partial charge is 0.497 e. The molecule has 3 heteroatoms. The predicted octanol–water partition coefficient (Wildman–Crippen LogP) is 2.48. The average molecular weight is 217 g/mol. The fourth-order valence-electron chi connectivity index (χ4n) is 2.32. The maximum absolute atomic E-state index is 5.87. The van der Waals surface area contributed by atoms with Gasteiger partial charge in [-0.15, -0.1) is 0 Å². The van der Waals surface area contributed by atoms with Crippen LogP contribution in [0.2, 0.25) is 0 Å². The summed E-state index contributed by atoms with van der Waals surface area (Å²) < 4.78 is 11.1. The number of nitrogens with one attached hydrogen (secondary N) is 1. The third kappa shape index (κ3) is 1.48. The number of benzene rings is 1. The lowest BCUT2D eigenvalue weighted by atomic mass is 10.1. The number of ether oxygens (including phenoxy) is 1. The minimum Gasteiger partial charge on any atom is -0.497 e.